The van der Waals surface area contributed by atoms with E-state index in [-0.39, 0.29) is 12.4 Å². The summed E-state index contributed by atoms with van der Waals surface area (Å²) in [6.45, 7) is 0.506. The van der Waals surface area contributed by atoms with E-state index >= 15 is 0 Å². The molecule has 0 aliphatic rings. The molecule has 0 radical (unpaired) electrons. The summed E-state index contributed by atoms with van der Waals surface area (Å²) in [6, 6.07) is 4.07. The smallest absolute Gasteiger partial charge is 0.137 e. The summed E-state index contributed by atoms with van der Waals surface area (Å²) >= 11 is 0. The monoisotopic (exact) mass is 224 g/mol. The van der Waals surface area contributed by atoms with E-state index < -0.39 is 0 Å². The quantitative estimate of drug-likeness (QED) is 0.617. The maximum absolute atomic E-state index is 13.0. The molecule has 0 unspecified atom stereocenters. The third-order valence-electron chi connectivity index (χ3n) is 1.79. The normalized spacial score (nSPS) is 9.44. The van der Waals surface area contributed by atoms with Gasteiger partial charge in [-0.25, -0.2) is 4.39 Å². The van der Waals surface area contributed by atoms with Gasteiger partial charge in [0.1, 0.15) is 24.8 Å². The Hall–Kier alpha value is -1.57. The Morgan fingerprint density at radius 2 is 2.19 bits per heavy atom. The molecule has 1 N–H and O–H groups in total. The second-order valence-electron chi connectivity index (χ2n) is 2.94. The molecule has 0 aromatic heterocycles. The first-order valence-electron chi connectivity index (χ1n) is 4.79. The van der Waals surface area contributed by atoms with E-state index in [0.717, 1.165) is 0 Å². The van der Waals surface area contributed by atoms with Gasteiger partial charge in [-0.1, -0.05) is 11.8 Å². The average molecular weight is 224 g/mol. The summed E-state index contributed by atoms with van der Waals surface area (Å²) in [5, 5.41) is 8.58. The Morgan fingerprint density at radius 1 is 1.38 bits per heavy atom. The van der Waals surface area contributed by atoms with Crippen molar-refractivity contribution in [2.75, 3.05) is 26.9 Å². The van der Waals surface area contributed by atoms with Gasteiger partial charge in [0.2, 0.25) is 0 Å². The second kappa shape index (κ2) is 6.83. The van der Waals surface area contributed by atoms with Crippen LogP contribution in [-0.2, 0) is 4.74 Å². The lowest BCUT2D eigenvalue weighted by Gasteiger charge is -2.07. The number of hydrogen-bond acceptors (Lipinski definition) is 3. The van der Waals surface area contributed by atoms with E-state index in [1.807, 2.05) is 0 Å². The number of aliphatic hydroxyl groups is 1. The van der Waals surface area contributed by atoms with Crippen molar-refractivity contribution in [1.82, 2.24) is 0 Å². The molecule has 16 heavy (non-hydrogen) atoms. The van der Waals surface area contributed by atoms with Crippen LogP contribution in [0.15, 0.2) is 18.2 Å². The number of ether oxygens (including phenoxy) is 2. The highest BCUT2D eigenvalue weighted by Gasteiger charge is 2.03. The van der Waals surface area contributed by atoms with E-state index in [1.165, 1.54) is 18.2 Å². The van der Waals surface area contributed by atoms with Gasteiger partial charge < -0.3 is 14.6 Å². The third-order valence-corrected chi connectivity index (χ3v) is 1.79. The van der Waals surface area contributed by atoms with Crippen LogP contribution in [0.2, 0.25) is 0 Å². The van der Waals surface area contributed by atoms with Gasteiger partial charge in [-0.3, -0.25) is 0 Å². The molecule has 0 atom stereocenters. The number of rotatable bonds is 4. The van der Waals surface area contributed by atoms with Crippen molar-refractivity contribution >= 4 is 0 Å². The van der Waals surface area contributed by atoms with Crippen LogP contribution in [0.25, 0.3) is 0 Å². The molecule has 4 heteroatoms. The lowest BCUT2D eigenvalue weighted by molar-refractivity contribution is 0.146. The molecule has 0 heterocycles. The summed E-state index contributed by atoms with van der Waals surface area (Å²) in [6.07, 6.45) is 0. The minimum atomic E-state index is -0.387. The predicted molar refractivity (Wildman–Crippen MR) is 57.7 cm³/mol. The Morgan fingerprint density at radius 3 is 2.88 bits per heavy atom. The molecule has 1 aromatic rings. The van der Waals surface area contributed by atoms with Crippen LogP contribution < -0.4 is 4.74 Å². The maximum Gasteiger partial charge on any atom is 0.137 e. The van der Waals surface area contributed by atoms with Crippen molar-refractivity contribution in [3.8, 4) is 17.6 Å². The van der Waals surface area contributed by atoms with Gasteiger partial charge in [0.15, 0.2) is 0 Å². The zero-order valence-corrected chi connectivity index (χ0v) is 9.00. The Bertz CT molecular complexity index is 393. The standard InChI is InChI=1S/C12H13FO3/c1-15-7-8-16-12-9-11(13)5-4-10(12)3-2-6-14/h4-5,9,14H,6-8H2,1H3. The molecular formula is C12H13FO3. The first kappa shape index (κ1) is 12.5. The van der Waals surface area contributed by atoms with Crippen LogP contribution in [0.1, 0.15) is 5.56 Å². The number of methoxy groups -OCH3 is 1. The van der Waals surface area contributed by atoms with Gasteiger partial charge in [-0.15, -0.1) is 0 Å². The van der Waals surface area contributed by atoms with E-state index in [0.29, 0.717) is 24.5 Å². The fourth-order valence-electron chi connectivity index (χ4n) is 1.09. The van der Waals surface area contributed by atoms with Gasteiger partial charge >= 0.3 is 0 Å². The van der Waals surface area contributed by atoms with Crippen LogP contribution in [-0.4, -0.2) is 32.0 Å². The van der Waals surface area contributed by atoms with Gasteiger partial charge in [0, 0.05) is 13.2 Å². The summed E-state index contributed by atoms with van der Waals surface area (Å²) in [7, 11) is 1.56. The molecule has 3 nitrogen and oxygen atoms in total. The van der Waals surface area contributed by atoms with E-state index in [2.05, 4.69) is 11.8 Å². The van der Waals surface area contributed by atoms with Gasteiger partial charge in [-0.05, 0) is 12.1 Å². The van der Waals surface area contributed by atoms with E-state index in [1.54, 1.807) is 7.11 Å². The highest BCUT2D eigenvalue weighted by molar-refractivity contribution is 5.46. The molecule has 1 rings (SSSR count). The molecule has 86 valence electrons. The molecule has 0 fully saturated rings. The summed E-state index contributed by atoms with van der Waals surface area (Å²) < 4.78 is 23.1. The second-order valence-corrected chi connectivity index (χ2v) is 2.94. The van der Waals surface area contributed by atoms with Gasteiger partial charge in [0.05, 0.1) is 12.2 Å². The lowest BCUT2D eigenvalue weighted by atomic mass is 10.2. The molecule has 0 aliphatic heterocycles. The number of benzene rings is 1. The van der Waals surface area contributed by atoms with Gasteiger partial charge in [-0.2, -0.15) is 0 Å². The first-order chi connectivity index (χ1) is 7.77. The number of hydrogen-bond donors (Lipinski definition) is 1. The molecule has 0 amide bonds. The van der Waals surface area contributed by atoms with Crippen molar-refractivity contribution < 1.29 is 19.0 Å². The predicted octanol–water partition coefficient (Wildman–Crippen LogP) is 1.19. The third kappa shape index (κ3) is 3.89. The van der Waals surface area contributed by atoms with Crippen LogP contribution in [0.5, 0.6) is 5.75 Å². The zero-order valence-electron chi connectivity index (χ0n) is 9.00. The van der Waals surface area contributed by atoms with Crippen LogP contribution in [0.4, 0.5) is 4.39 Å². The minimum absolute atomic E-state index is 0.241. The maximum atomic E-state index is 13.0. The largest absolute Gasteiger partial charge is 0.490 e. The average Bonchev–Trinajstić information content (AvgIpc) is 2.28. The van der Waals surface area contributed by atoms with Crippen LogP contribution >= 0.6 is 0 Å². The van der Waals surface area contributed by atoms with Crippen LogP contribution in [0, 0.1) is 17.7 Å². The number of aliphatic hydroxyl groups excluding tert-OH is 1. The van der Waals surface area contributed by atoms with Crippen molar-refractivity contribution in [3.63, 3.8) is 0 Å². The highest BCUT2D eigenvalue weighted by Crippen LogP contribution is 2.18. The molecule has 1 aromatic carbocycles. The van der Waals surface area contributed by atoms with Gasteiger partial charge in [0.25, 0.3) is 0 Å². The first-order valence-corrected chi connectivity index (χ1v) is 4.79. The van der Waals surface area contributed by atoms with E-state index in [9.17, 15) is 4.39 Å². The van der Waals surface area contributed by atoms with Crippen molar-refractivity contribution in [2.24, 2.45) is 0 Å². The Labute approximate surface area is 93.8 Å². The summed E-state index contributed by atoms with van der Waals surface area (Å²) in [4.78, 5) is 0. The molecule has 0 saturated carbocycles. The SMILES string of the molecule is COCCOc1cc(F)ccc1C#CCO. The van der Waals surface area contributed by atoms with E-state index in [4.69, 9.17) is 14.6 Å². The van der Waals surface area contributed by atoms with Crippen molar-refractivity contribution in [2.45, 2.75) is 0 Å². The Kier molecular flexibility index (Phi) is 5.34. The van der Waals surface area contributed by atoms with Crippen molar-refractivity contribution in [3.05, 3.63) is 29.6 Å². The Balaban J connectivity index is 2.81. The number of halogens is 1. The lowest BCUT2D eigenvalue weighted by Crippen LogP contribution is -2.05. The summed E-state index contributed by atoms with van der Waals surface area (Å²) in [5.41, 5.74) is 0.548. The van der Waals surface area contributed by atoms with Crippen molar-refractivity contribution in [1.29, 1.82) is 0 Å². The molecule has 0 spiro atoms. The fourth-order valence-corrected chi connectivity index (χ4v) is 1.09. The zero-order chi connectivity index (χ0) is 11.8. The highest BCUT2D eigenvalue weighted by atomic mass is 19.1. The molecule has 0 saturated heterocycles. The topological polar surface area (TPSA) is 38.7 Å². The summed E-state index contributed by atoms with van der Waals surface area (Å²) in [5.74, 6) is 5.14. The molecule has 0 aliphatic carbocycles. The minimum Gasteiger partial charge on any atom is -0.490 e. The molecule has 0 bridgehead atoms. The molecular weight excluding hydrogens is 211 g/mol. The van der Waals surface area contributed by atoms with Crippen LogP contribution in [0.3, 0.4) is 0 Å². The fraction of sp³-hybridized carbons (Fsp3) is 0.333.